The highest BCUT2D eigenvalue weighted by Gasteiger charge is 2.20. The van der Waals surface area contributed by atoms with Crippen LogP contribution >= 0.6 is 0 Å². The van der Waals surface area contributed by atoms with Gasteiger partial charge in [-0.3, -0.25) is 14.5 Å². The molecule has 1 aromatic rings. The van der Waals surface area contributed by atoms with Crippen LogP contribution in [0.25, 0.3) is 6.08 Å². The first-order valence-electron chi connectivity index (χ1n) is 8.11. The van der Waals surface area contributed by atoms with E-state index < -0.39 is 0 Å². The molecule has 1 aromatic carbocycles. The fourth-order valence-electron chi connectivity index (χ4n) is 2.53. The van der Waals surface area contributed by atoms with E-state index in [1.807, 2.05) is 49.1 Å². The van der Waals surface area contributed by atoms with E-state index in [0.29, 0.717) is 26.2 Å². The van der Waals surface area contributed by atoms with Crippen LogP contribution in [0.3, 0.4) is 0 Å². The van der Waals surface area contributed by atoms with Gasteiger partial charge in [-0.05, 0) is 25.5 Å². The maximum absolute atomic E-state index is 12.2. The molecule has 2 amide bonds. The Hall–Kier alpha value is -2.14. The predicted molar refractivity (Wildman–Crippen MR) is 91.9 cm³/mol. The number of aryl methyl sites for hydroxylation is 1. The third-order valence-electron chi connectivity index (χ3n) is 3.92. The van der Waals surface area contributed by atoms with Crippen LogP contribution in [0.5, 0.6) is 0 Å². The van der Waals surface area contributed by atoms with Crippen molar-refractivity contribution < 1.29 is 9.59 Å². The van der Waals surface area contributed by atoms with Gasteiger partial charge in [-0.15, -0.1) is 0 Å². The SMILES string of the molecule is CCNC(=O)CN1CCN(C(=O)/C=C/c2ccc(C)cc2)CC1. The summed E-state index contributed by atoms with van der Waals surface area (Å²) in [5.41, 5.74) is 2.23. The molecule has 0 atom stereocenters. The minimum atomic E-state index is 0.0308. The van der Waals surface area contributed by atoms with Crippen molar-refractivity contribution in [2.75, 3.05) is 39.3 Å². The molecule has 0 bridgehead atoms. The molecule has 2 rings (SSSR count). The molecule has 0 spiro atoms. The summed E-state index contributed by atoms with van der Waals surface area (Å²) in [6.07, 6.45) is 3.48. The molecule has 0 unspecified atom stereocenters. The highest BCUT2D eigenvalue weighted by atomic mass is 16.2. The van der Waals surface area contributed by atoms with Gasteiger partial charge in [0.1, 0.15) is 0 Å². The minimum Gasteiger partial charge on any atom is -0.355 e. The first-order chi connectivity index (χ1) is 11.1. The molecule has 1 saturated heterocycles. The van der Waals surface area contributed by atoms with Crippen LogP contribution in [0.4, 0.5) is 0 Å². The number of carbonyl (C=O) groups is 2. The summed E-state index contributed by atoms with van der Waals surface area (Å²) < 4.78 is 0. The first kappa shape index (κ1) is 17.2. The maximum atomic E-state index is 12.2. The lowest BCUT2D eigenvalue weighted by Gasteiger charge is -2.33. The van der Waals surface area contributed by atoms with Crippen molar-refractivity contribution in [2.24, 2.45) is 0 Å². The van der Waals surface area contributed by atoms with Crippen LogP contribution in [-0.2, 0) is 9.59 Å². The minimum absolute atomic E-state index is 0.0308. The van der Waals surface area contributed by atoms with Crippen LogP contribution < -0.4 is 5.32 Å². The number of carbonyl (C=O) groups excluding carboxylic acids is 2. The van der Waals surface area contributed by atoms with E-state index in [2.05, 4.69) is 10.2 Å². The lowest BCUT2D eigenvalue weighted by molar-refractivity contribution is -0.128. The van der Waals surface area contributed by atoms with Gasteiger partial charge in [0.05, 0.1) is 6.54 Å². The van der Waals surface area contributed by atoms with Crippen LogP contribution in [0, 0.1) is 6.92 Å². The lowest BCUT2D eigenvalue weighted by Crippen LogP contribution is -2.50. The molecule has 0 aliphatic carbocycles. The van der Waals surface area contributed by atoms with Crippen molar-refractivity contribution in [1.29, 1.82) is 0 Å². The summed E-state index contributed by atoms with van der Waals surface area (Å²) in [6.45, 7) is 7.82. The number of likely N-dealkylation sites (N-methyl/N-ethyl adjacent to an activating group) is 1. The van der Waals surface area contributed by atoms with Gasteiger partial charge in [0.2, 0.25) is 11.8 Å². The summed E-state index contributed by atoms with van der Waals surface area (Å²) in [4.78, 5) is 27.7. The Labute approximate surface area is 138 Å². The summed E-state index contributed by atoms with van der Waals surface area (Å²) in [6, 6.07) is 8.07. The second-order valence-electron chi connectivity index (χ2n) is 5.80. The Morgan fingerprint density at radius 1 is 1.13 bits per heavy atom. The Balaban J connectivity index is 1.79. The number of amides is 2. The molecule has 1 fully saturated rings. The molecule has 0 aromatic heterocycles. The molecule has 1 heterocycles. The van der Waals surface area contributed by atoms with E-state index in [1.165, 1.54) is 5.56 Å². The van der Waals surface area contributed by atoms with E-state index in [1.54, 1.807) is 6.08 Å². The topological polar surface area (TPSA) is 52.7 Å². The molecule has 1 N–H and O–H groups in total. The van der Waals surface area contributed by atoms with E-state index in [9.17, 15) is 9.59 Å². The second kappa shape index (κ2) is 8.48. The summed E-state index contributed by atoms with van der Waals surface area (Å²) >= 11 is 0. The van der Waals surface area contributed by atoms with E-state index in [4.69, 9.17) is 0 Å². The van der Waals surface area contributed by atoms with Gasteiger partial charge in [-0.1, -0.05) is 29.8 Å². The average Bonchev–Trinajstić information content (AvgIpc) is 2.55. The largest absolute Gasteiger partial charge is 0.355 e. The van der Waals surface area contributed by atoms with E-state index in [-0.39, 0.29) is 11.8 Å². The number of benzene rings is 1. The standard InChI is InChI=1S/C18H25N3O2/c1-3-19-17(22)14-20-10-12-21(13-11-20)18(23)9-8-16-6-4-15(2)5-7-16/h4-9H,3,10-14H2,1-2H3,(H,19,22)/b9-8+. The van der Waals surface area contributed by atoms with Crippen molar-refractivity contribution >= 4 is 17.9 Å². The lowest BCUT2D eigenvalue weighted by atomic mass is 10.1. The molecule has 23 heavy (non-hydrogen) atoms. The van der Waals surface area contributed by atoms with Crippen molar-refractivity contribution in [3.8, 4) is 0 Å². The van der Waals surface area contributed by atoms with Crippen LogP contribution in [-0.4, -0.2) is 60.9 Å². The molecule has 0 saturated carbocycles. The number of nitrogens with one attached hydrogen (secondary N) is 1. The molecule has 0 radical (unpaired) electrons. The Morgan fingerprint density at radius 3 is 2.39 bits per heavy atom. The van der Waals surface area contributed by atoms with Crippen molar-refractivity contribution in [3.63, 3.8) is 0 Å². The van der Waals surface area contributed by atoms with Gasteiger partial charge in [-0.25, -0.2) is 0 Å². The molecule has 5 heteroatoms. The quantitative estimate of drug-likeness (QED) is 0.833. The summed E-state index contributed by atoms with van der Waals surface area (Å²) in [5.74, 6) is 0.0785. The summed E-state index contributed by atoms with van der Waals surface area (Å²) in [7, 11) is 0. The molecule has 1 aliphatic heterocycles. The van der Waals surface area contributed by atoms with Gasteiger partial charge in [0, 0.05) is 38.8 Å². The number of hydrogen-bond acceptors (Lipinski definition) is 3. The van der Waals surface area contributed by atoms with E-state index >= 15 is 0 Å². The third-order valence-corrected chi connectivity index (χ3v) is 3.92. The van der Waals surface area contributed by atoms with Gasteiger partial charge in [0.15, 0.2) is 0 Å². The zero-order chi connectivity index (χ0) is 16.7. The van der Waals surface area contributed by atoms with Crippen LogP contribution in [0.2, 0.25) is 0 Å². The molecular weight excluding hydrogens is 290 g/mol. The van der Waals surface area contributed by atoms with Gasteiger partial charge < -0.3 is 10.2 Å². The van der Waals surface area contributed by atoms with Crippen LogP contribution in [0.1, 0.15) is 18.1 Å². The predicted octanol–water partition coefficient (Wildman–Crippen LogP) is 1.29. The number of nitrogens with zero attached hydrogens (tertiary/aromatic N) is 2. The van der Waals surface area contributed by atoms with E-state index in [0.717, 1.165) is 18.7 Å². The Kier molecular flexibility index (Phi) is 6.35. The zero-order valence-electron chi connectivity index (χ0n) is 13.9. The van der Waals surface area contributed by atoms with Gasteiger partial charge in [0.25, 0.3) is 0 Å². The smallest absolute Gasteiger partial charge is 0.246 e. The van der Waals surface area contributed by atoms with Gasteiger partial charge in [-0.2, -0.15) is 0 Å². The molecule has 1 aliphatic rings. The fourth-order valence-corrected chi connectivity index (χ4v) is 2.53. The van der Waals surface area contributed by atoms with Crippen molar-refractivity contribution in [1.82, 2.24) is 15.1 Å². The normalized spacial score (nSPS) is 15.8. The maximum Gasteiger partial charge on any atom is 0.246 e. The Bertz CT molecular complexity index is 558. The van der Waals surface area contributed by atoms with Crippen LogP contribution in [0.15, 0.2) is 30.3 Å². The summed E-state index contributed by atoms with van der Waals surface area (Å²) in [5, 5.41) is 2.80. The number of piperazine rings is 1. The van der Waals surface area contributed by atoms with Crippen molar-refractivity contribution in [2.45, 2.75) is 13.8 Å². The Morgan fingerprint density at radius 2 is 1.78 bits per heavy atom. The molecule has 124 valence electrons. The van der Waals surface area contributed by atoms with Gasteiger partial charge >= 0.3 is 0 Å². The highest BCUT2D eigenvalue weighted by Crippen LogP contribution is 2.07. The number of hydrogen-bond donors (Lipinski definition) is 1. The third kappa shape index (κ3) is 5.53. The fraction of sp³-hybridized carbons (Fsp3) is 0.444. The monoisotopic (exact) mass is 315 g/mol. The number of rotatable bonds is 5. The first-order valence-corrected chi connectivity index (χ1v) is 8.11. The van der Waals surface area contributed by atoms with Crippen molar-refractivity contribution in [3.05, 3.63) is 41.5 Å². The molecule has 5 nitrogen and oxygen atoms in total. The molecular formula is C18H25N3O2. The average molecular weight is 315 g/mol. The highest BCUT2D eigenvalue weighted by molar-refractivity contribution is 5.91. The zero-order valence-corrected chi connectivity index (χ0v) is 13.9. The second-order valence-corrected chi connectivity index (χ2v) is 5.80.